The Morgan fingerprint density at radius 2 is 1.52 bits per heavy atom. The fraction of sp³-hybridized carbons (Fsp3) is 0.323. The Morgan fingerprint density at radius 3 is 2.07 bits per heavy atom. The van der Waals surface area contributed by atoms with Gasteiger partial charge in [-0.1, -0.05) is 60.7 Å². The van der Waals surface area contributed by atoms with Gasteiger partial charge < -0.3 is 24.1 Å². The molecule has 2 aliphatic rings. The number of carbonyl (C=O) groups is 1. The smallest absolute Gasteiger partial charge is 0.449 e. The van der Waals surface area contributed by atoms with Crippen LogP contribution in [0.25, 0.3) is 17.2 Å². The van der Waals surface area contributed by atoms with Crippen LogP contribution >= 0.6 is 0 Å². The molecule has 1 fully saturated rings. The van der Waals surface area contributed by atoms with Crippen LogP contribution in [0.1, 0.15) is 50.3 Å². The molecule has 0 atom stereocenters. The first kappa shape index (κ1) is 29.7. The average molecular weight is 583 g/mol. The molecule has 1 N–H and O–H groups in total. The predicted molar refractivity (Wildman–Crippen MR) is 150 cm³/mol. The normalized spacial score (nSPS) is 17.5. The average Bonchev–Trinajstić information content (AvgIpc) is 3.35. The van der Waals surface area contributed by atoms with Crippen LogP contribution in [0, 0.1) is 5.82 Å². The molecule has 42 heavy (non-hydrogen) atoms. The van der Waals surface area contributed by atoms with E-state index in [1.54, 1.807) is 0 Å². The van der Waals surface area contributed by atoms with Crippen LogP contribution in [-0.2, 0) is 14.0 Å². The van der Waals surface area contributed by atoms with Crippen LogP contribution in [0.15, 0.2) is 72.2 Å². The number of alkyl halides is 3. The predicted octanol–water partition coefficient (Wildman–Crippen LogP) is 7.28. The lowest BCUT2D eigenvalue weighted by atomic mass is 9.77. The zero-order valence-electron chi connectivity index (χ0n) is 23.6. The first-order valence-electron chi connectivity index (χ1n) is 13.4. The molecule has 0 spiro atoms. The number of fused-ring (bicyclic) bond motifs is 3. The molecule has 6 nitrogen and oxygen atoms in total. The lowest BCUT2D eigenvalue weighted by Gasteiger charge is -2.32. The fourth-order valence-corrected chi connectivity index (χ4v) is 5.05. The van der Waals surface area contributed by atoms with Crippen molar-refractivity contribution in [2.45, 2.75) is 51.2 Å². The monoisotopic (exact) mass is 583 g/mol. The van der Waals surface area contributed by atoms with Gasteiger partial charge >= 0.3 is 19.6 Å². The van der Waals surface area contributed by atoms with Gasteiger partial charge in [0.2, 0.25) is 0 Å². The molecule has 11 heteroatoms. The Kier molecular flexibility index (Phi) is 7.85. The van der Waals surface area contributed by atoms with Gasteiger partial charge in [0.25, 0.3) is 0 Å². The SMILES string of the molecule is CC1(C)OB(C(=Cc2ccc(OC(F)(F)F)c(F)c2)CNC(=O)OCC2c3ccccc3-c3ccccc32)OC1(C)C. The molecule has 0 saturated carbocycles. The molecule has 1 aliphatic heterocycles. The Balaban J connectivity index is 1.31. The molecule has 0 bridgehead atoms. The minimum Gasteiger partial charge on any atom is -0.449 e. The van der Waals surface area contributed by atoms with Crippen LogP contribution in [0.2, 0.25) is 0 Å². The number of ether oxygens (including phenoxy) is 2. The molecule has 0 radical (unpaired) electrons. The quantitative estimate of drug-likeness (QED) is 0.234. The van der Waals surface area contributed by atoms with Gasteiger partial charge in [-0.05, 0) is 73.1 Å². The van der Waals surface area contributed by atoms with E-state index in [-0.39, 0.29) is 24.6 Å². The summed E-state index contributed by atoms with van der Waals surface area (Å²) < 4.78 is 73.7. The summed E-state index contributed by atoms with van der Waals surface area (Å²) in [7, 11) is -0.918. The van der Waals surface area contributed by atoms with Crippen molar-refractivity contribution in [3.63, 3.8) is 0 Å². The van der Waals surface area contributed by atoms with Gasteiger partial charge in [-0.25, -0.2) is 9.18 Å². The minimum atomic E-state index is -5.03. The maximum atomic E-state index is 14.4. The highest BCUT2D eigenvalue weighted by Crippen LogP contribution is 2.44. The highest BCUT2D eigenvalue weighted by Gasteiger charge is 2.52. The van der Waals surface area contributed by atoms with Crippen molar-refractivity contribution < 1.29 is 41.1 Å². The molecular formula is C31H30BF4NO5. The van der Waals surface area contributed by atoms with Gasteiger partial charge in [0.1, 0.15) is 6.61 Å². The zero-order valence-corrected chi connectivity index (χ0v) is 23.6. The Bertz CT molecular complexity index is 1460. The van der Waals surface area contributed by atoms with E-state index in [4.69, 9.17) is 14.0 Å². The van der Waals surface area contributed by atoms with Crippen molar-refractivity contribution in [3.05, 3.63) is 94.7 Å². The summed E-state index contributed by atoms with van der Waals surface area (Å²) in [4.78, 5) is 12.9. The van der Waals surface area contributed by atoms with E-state index in [1.807, 2.05) is 76.2 Å². The number of carbonyl (C=O) groups excluding carboxylic acids is 1. The highest BCUT2D eigenvalue weighted by atomic mass is 19.4. The second kappa shape index (κ2) is 11.1. The number of hydrogen-bond acceptors (Lipinski definition) is 5. The van der Waals surface area contributed by atoms with Crippen LogP contribution in [0.4, 0.5) is 22.4 Å². The van der Waals surface area contributed by atoms with Gasteiger partial charge in [0, 0.05) is 12.5 Å². The van der Waals surface area contributed by atoms with E-state index in [2.05, 4.69) is 10.1 Å². The summed E-state index contributed by atoms with van der Waals surface area (Å²) in [5, 5.41) is 2.71. The van der Waals surface area contributed by atoms with Crippen LogP contribution in [0.5, 0.6) is 5.75 Å². The zero-order chi connectivity index (χ0) is 30.3. The van der Waals surface area contributed by atoms with Crippen LogP contribution in [0.3, 0.4) is 0 Å². The molecule has 5 rings (SSSR count). The molecule has 220 valence electrons. The van der Waals surface area contributed by atoms with Gasteiger partial charge in [-0.2, -0.15) is 0 Å². The van der Waals surface area contributed by atoms with Crippen molar-refractivity contribution >= 4 is 19.3 Å². The van der Waals surface area contributed by atoms with Crippen molar-refractivity contribution in [1.29, 1.82) is 0 Å². The summed E-state index contributed by atoms with van der Waals surface area (Å²) in [5.41, 5.74) is 3.56. The van der Waals surface area contributed by atoms with Crippen molar-refractivity contribution in [2.24, 2.45) is 0 Å². The highest BCUT2D eigenvalue weighted by molar-refractivity contribution is 6.56. The van der Waals surface area contributed by atoms with E-state index < -0.39 is 42.3 Å². The molecular weight excluding hydrogens is 553 g/mol. The third-order valence-electron chi connectivity index (χ3n) is 7.87. The topological polar surface area (TPSA) is 66.0 Å². The summed E-state index contributed by atoms with van der Waals surface area (Å²) >= 11 is 0. The molecule has 3 aromatic rings. The third-order valence-corrected chi connectivity index (χ3v) is 7.87. The number of hydrogen-bond donors (Lipinski definition) is 1. The molecule has 3 aromatic carbocycles. The summed E-state index contributed by atoms with van der Waals surface area (Å²) in [6, 6.07) is 19.0. The van der Waals surface area contributed by atoms with Crippen LogP contribution in [-0.4, -0.2) is 43.9 Å². The van der Waals surface area contributed by atoms with E-state index in [1.165, 1.54) is 12.1 Å². The maximum Gasteiger partial charge on any atom is 0.573 e. The summed E-state index contributed by atoms with van der Waals surface area (Å²) in [5.74, 6) is -2.27. The lowest BCUT2D eigenvalue weighted by Crippen LogP contribution is -2.41. The van der Waals surface area contributed by atoms with E-state index in [0.717, 1.165) is 34.4 Å². The Hall–Kier alpha value is -3.83. The molecule has 0 unspecified atom stereocenters. The summed E-state index contributed by atoms with van der Waals surface area (Å²) in [6.07, 6.45) is -4.22. The van der Waals surface area contributed by atoms with Gasteiger partial charge in [0.05, 0.1) is 11.2 Å². The number of amides is 1. The number of rotatable bonds is 7. The van der Waals surface area contributed by atoms with Crippen molar-refractivity contribution in [1.82, 2.24) is 5.32 Å². The minimum absolute atomic E-state index is 0.0874. The number of alkyl carbamates (subject to hydrolysis) is 1. The second-order valence-corrected chi connectivity index (χ2v) is 11.2. The number of benzene rings is 3. The van der Waals surface area contributed by atoms with Gasteiger partial charge in [-0.3, -0.25) is 0 Å². The Labute approximate surface area is 241 Å². The van der Waals surface area contributed by atoms with E-state index in [0.29, 0.717) is 5.47 Å². The largest absolute Gasteiger partial charge is 0.573 e. The second-order valence-electron chi connectivity index (χ2n) is 11.2. The molecule has 1 amide bonds. The van der Waals surface area contributed by atoms with Crippen LogP contribution < -0.4 is 10.1 Å². The molecule has 0 aromatic heterocycles. The lowest BCUT2D eigenvalue weighted by molar-refractivity contribution is -0.275. The van der Waals surface area contributed by atoms with Crippen molar-refractivity contribution in [2.75, 3.05) is 13.2 Å². The third kappa shape index (κ3) is 6.17. The molecule has 1 aliphatic carbocycles. The summed E-state index contributed by atoms with van der Waals surface area (Å²) in [6.45, 7) is 7.44. The first-order valence-corrected chi connectivity index (χ1v) is 13.4. The standard InChI is InChI=1S/C31H30BF4NO5/c1-29(2)30(3,4)42-32(41-29)20(15-19-13-14-27(26(33)16-19)40-31(34,35)36)17-37-28(38)39-18-25-23-11-7-5-9-21(23)22-10-6-8-12-24(22)25/h5-16,25H,17-18H2,1-4H3,(H,37,38). The number of halogens is 4. The van der Waals surface area contributed by atoms with E-state index in [9.17, 15) is 22.4 Å². The first-order chi connectivity index (χ1) is 19.7. The number of nitrogens with one attached hydrogen (secondary N) is 1. The molecule has 1 heterocycles. The Morgan fingerprint density at radius 1 is 0.952 bits per heavy atom. The van der Waals surface area contributed by atoms with Crippen molar-refractivity contribution in [3.8, 4) is 16.9 Å². The molecule has 1 saturated heterocycles. The van der Waals surface area contributed by atoms with E-state index >= 15 is 0 Å². The fourth-order valence-electron chi connectivity index (χ4n) is 5.05. The van der Waals surface area contributed by atoms with Gasteiger partial charge in [0.15, 0.2) is 11.6 Å². The van der Waals surface area contributed by atoms with Gasteiger partial charge in [-0.15, -0.1) is 13.2 Å². The maximum absolute atomic E-state index is 14.4.